The Labute approximate surface area is 205 Å². The first kappa shape index (κ1) is 24.0. The van der Waals surface area contributed by atoms with E-state index in [1.165, 1.54) is 20.3 Å². The zero-order chi connectivity index (χ0) is 25.7. The summed E-state index contributed by atoms with van der Waals surface area (Å²) in [6.07, 6.45) is 2.45. The molecule has 178 valence electrons. The highest BCUT2D eigenvalue weighted by Crippen LogP contribution is 2.38. The third-order valence-corrected chi connectivity index (χ3v) is 5.27. The van der Waals surface area contributed by atoms with Gasteiger partial charge < -0.3 is 20.1 Å². The number of methoxy groups -OCH3 is 2. The van der Waals surface area contributed by atoms with Gasteiger partial charge in [-0.1, -0.05) is 0 Å². The Morgan fingerprint density at radius 3 is 2.17 bits per heavy atom. The average Bonchev–Trinajstić information content (AvgIpc) is 2.89. The van der Waals surface area contributed by atoms with E-state index in [2.05, 4.69) is 21.7 Å². The van der Waals surface area contributed by atoms with Crippen LogP contribution < -0.4 is 20.1 Å². The Morgan fingerprint density at radius 1 is 0.889 bits per heavy atom. The topological polar surface area (TPSA) is 103 Å². The highest BCUT2D eigenvalue weighted by Gasteiger charge is 2.16. The monoisotopic (exact) mass is 483 g/mol. The lowest BCUT2D eigenvalue weighted by Gasteiger charge is -2.16. The largest absolute Gasteiger partial charge is 0.493 e. The van der Waals surface area contributed by atoms with Gasteiger partial charge in [0.05, 0.1) is 43.1 Å². The van der Waals surface area contributed by atoms with Crippen LogP contribution in [0.15, 0.2) is 60.7 Å². The Bertz CT molecular complexity index is 1530. The van der Waals surface area contributed by atoms with Crippen molar-refractivity contribution in [2.24, 2.45) is 0 Å². The summed E-state index contributed by atoms with van der Waals surface area (Å²) in [5.74, 6) is -0.430. The van der Waals surface area contributed by atoms with Crippen LogP contribution in [0.1, 0.15) is 11.1 Å². The molecule has 0 aliphatic carbocycles. The van der Waals surface area contributed by atoms with E-state index in [0.29, 0.717) is 45.2 Å². The van der Waals surface area contributed by atoms with Crippen LogP contribution in [0.2, 0.25) is 0 Å². The van der Waals surface area contributed by atoms with Crippen molar-refractivity contribution in [2.45, 2.75) is 0 Å². The summed E-state index contributed by atoms with van der Waals surface area (Å²) in [5, 5.41) is 24.2. The Hall–Kier alpha value is -5.15. The number of nitrogens with one attached hydrogen (secondary N) is 2. The maximum absolute atomic E-state index is 14.9. The minimum atomic E-state index is -0.834. The van der Waals surface area contributed by atoms with E-state index in [4.69, 9.17) is 20.0 Å². The molecule has 0 spiro atoms. The van der Waals surface area contributed by atoms with Gasteiger partial charge in [0.15, 0.2) is 11.5 Å². The summed E-state index contributed by atoms with van der Waals surface area (Å²) in [6.45, 7) is 0. The van der Waals surface area contributed by atoms with Gasteiger partial charge in [-0.2, -0.15) is 10.5 Å². The molecule has 36 heavy (non-hydrogen) atoms. The molecule has 2 N–H and O–H groups in total. The van der Waals surface area contributed by atoms with E-state index in [1.54, 1.807) is 48.5 Å². The Morgan fingerprint density at radius 2 is 1.56 bits per heavy atom. The van der Waals surface area contributed by atoms with Crippen LogP contribution in [-0.2, 0) is 0 Å². The summed E-state index contributed by atoms with van der Waals surface area (Å²) >= 11 is 0. The standard InChI is InChI=1S/C27H19F2N5O2/c1-35-24-12-19-22(13-25(24)36-2)33-26(32-18-7-5-16(15-31)6-8-18)14-23(19)34-27-20(28)10-17(4-3-9-30)11-21(27)29/h3-8,10-14H,1-2H3,(H2,32,33,34)/b4-3+. The second kappa shape index (κ2) is 10.4. The van der Waals surface area contributed by atoms with Crippen LogP contribution in [0.25, 0.3) is 17.0 Å². The number of nitrogens with zero attached hydrogens (tertiary/aromatic N) is 3. The molecule has 7 nitrogen and oxygen atoms in total. The summed E-state index contributed by atoms with van der Waals surface area (Å²) < 4.78 is 40.5. The maximum Gasteiger partial charge on any atom is 0.162 e. The minimum Gasteiger partial charge on any atom is -0.493 e. The third-order valence-electron chi connectivity index (χ3n) is 5.27. The number of anilines is 4. The van der Waals surface area contributed by atoms with Crippen LogP contribution >= 0.6 is 0 Å². The Kier molecular flexibility index (Phi) is 6.94. The number of allylic oxidation sites excluding steroid dienone is 1. The average molecular weight is 483 g/mol. The molecule has 0 atom stereocenters. The first-order valence-corrected chi connectivity index (χ1v) is 10.6. The van der Waals surface area contributed by atoms with Gasteiger partial charge in [-0.25, -0.2) is 13.8 Å². The highest BCUT2D eigenvalue weighted by molar-refractivity contribution is 5.97. The zero-order valence-corrected chi connectivity index (χ0v) is 19.3. The van der Waals surface area contributed by atoms with Crippen molar-refractivity contribution in [1.82, 2.24) is 4.98 Å². The van der Waals surface area contributed by atoms with E-state index in [-0.39, 0.29) is 11.3 Å². The Balaban J connectivity index is 1.83. The lowest BCUT2D eigenvalue weighted by molar-refractivity contribution is 0.356. The summed E-state index contributed by atoms with van der Waals surface area (Å²) in [4.78, 5) is 4.61. The normalized spacial score (nSPS) is 10.6. The molecule has 1 aromatic heterocycles. The number of halogens is 2. The molecule has 4 aromatic rings. The maximum atomic E-state index is 14.9. The SMILES string of the molecule is COc1cc2nc(Nc3ccc(C#N)cc3)cc(Nc3c(F)cc(/C=C/C#N)cc3F)c2cc1OC. The molecular formula is C27H19F2N5O2. The van der Waals surface area contributed by atoms with E-state index in [9.17, 15) is 8.78 Å². The molecule has 0 unspecified atom stereocenters. The van der Waals surface area contributed by atoms with Gasteiger partial charge in [0.25, 0.3) is 0 Å². The minimum absolute atomic E-state index is 0.214. The van der Waals surface area contributed by atoms with Gasteiger partial charge in [-0.15, -0.1) is 0 Å². The fourth-order valence-electron chi connectivity index (χ4n) is 3.57. The van der Waals surface area contributed by atoms with Crippen LogP contribution in [0, 0.1) is 34.3 Å². The van der Waals surface area contributed by atoms with E-state index in [1.807, 2.05) is 0 Å². The first-order chi connectivity index (χ1) is 17.4. The highest BCUT2D eigenvalue weighted by atomic mass is 19.1. The summed E-state index contributed by atoms with van der Waals surface area (Å²) in [5.41, 5.74) is 1.85. The number of hydrogen-bond acceptors (Lipinski definition) is 7. The van der Waals surface area contributed by atoms with Crippen LogP contribution in [0.5, 0.6) is 11.5 Å². The lowest BCUT2D eigenvalue weighted by Crippen LogP contribution is -2.02. The number of aromatic nitrogens is 1. The first-order valence-electron chi connectivity index (χ1n) is 10.6. The van der Waals surface area contributed by atoms with Crippen molar-refractivity contribution in [1.29, 1.82) is 10.5 Å². The van der Waals surface area contributed by atoms with Crippen LogP contribution in [0.4, 0.5) is 31.7 Å². The molecule has 0 radical (unpaired) electrons. The predicted molar refractivity (Wildman–Crippen MR) is 134 cm³/mol. The van der Waals surface area contributed by atoms with Gasteiger partial charge in [0.2, 0.25) is 0 Å². The van der Waals surface area contributed by atoms with Gasteiger partial charge >= 0.3 is 0 Å². The molecule has 0 bridgehead atoms. The number of pyridine rings is 1. The van der Waals surface area contributed by atoms with E-state index < -0.39 is 11.6 Å². The van der Waals surface area contributed by atoms with E-state index >= 15 is 0 Å². The summed E-state index contributed by atoms with van der Waals surface area (Å²) in [6, 6.07) is 17.8. The van der Waals surface area contributed by atoms with Gasteiger partial charge in [0.1, 0.15) is 23.1 Å². The molecule has 3 aromatic carbocycles. The molecule has 0 aliphatic heterocycles. The molecule has 4 rings (SSSR count). The lowest BCUT2D eigenvalue weighted by atomic mass is 10.1. The number of benzene rings is 3. The molecule has 0 fully saturated rings. The van der Waals surface area contributed by atoms with Crippen molar-refractivity contribution in [3.63, 3.8) is 0 Å². The third kappa shape index (κ3) is 5.01. The predicted octanol–water partition coefficient (Wildman–Crippen LogP) is 6.43. The molecular weight excluding hydrogens is 464 g/mol. The molecule has 0 amide bonds. The van der Waals surface area contributed by atoms with Crippen molar-refractivity contribution < 1.29 is 18.3 Å². The summed E-state index contributed by atoms with van der Waals surface area (Å²) in [7, 11) is 2.98. The molecule has 9 heteroatoms. The van der Waals surface area contributed by atoms with Crippen molar-refractivity contribution >= 4 is 39.9 Å². The smallest absolute Gasteiger partial charge is 0.162 e. The fourth-order valence-corrected chi connectivity index (χ4v) is 3.57. The van der Waals surface area contributed by atoms with Crippen molar-refractivity contribution in [3.05, 3.63) is 83.4 Å². The zero-order valence-electron chi connectivity index (χ0n) is 19.3. The quantitative estimate of drug-likeness (QED) is 0.292. The molecule has 0 aliphatic rings. The van der Waals surface area contributed by atoms with Crippen LogP contribution in [-0.4, -0.2) is 19.2 Å². The second-order valence-corrected chi connectivity index (χ2v) is 7.54. The van der Waals surface area contributed by atoms with E-state index in [0.717, 1.165) is 18.2 Å². The van der Waals surface area contributed by atoms with Gasteiger partial charge in [-0.3, -0.25) is 0 Å². The molecule has 0 saturated heterocycles. The number of fused-ring (bicyclic) bond motifs is 1. The number of hydrogen-bond donors (Lipinski definition) is 2. The molecule has 1 heterocycles. The van der Waals surface area contributed by atoms with Crippen molar-refractivity contribution in [2.75, 3.05) is 24.9 Å². The van der Waals surface area contributed by atoms with Gasteiger partial charge in [-0.05, 0) is 54.1 Å². The number of nitriles is 2. The van der Waals surface area contributed by atoms with Crippen LogP contribution in [0.3, 0.4) is 0 Å². The fraction of sp³-hybridized carbons (Fsp3) is 0.0741. The van der Waals surface area contributed by atoms with Gasteiger partial charge in [0, 0.05) is 29.3 Å². The van der Waals surface area contributed by atoms with Crippen molar-refractivity contribution in [3.8, 4) is 23.6 Å². The number of ether oxygens (including phenoxy) is 2. The number of rotatable bonds is 7. The molecule has 0 saturated carbocycles. The second-order valence-electron chi connectivity index (χ2n) is 7.54.